The fourth-order valence-electron chi connectivity index (χ4n) is 4.05. The van der Waals surface area contributed by atoms with Crippen LogP contribution in [0.3, 0.4) is 0 Å². The summed E-state index contributed by atoms with van der Waals surface area (Å²) in [5, 5.41) is 8.08. The smallest absolute Gasteiger partial charge is 0.411 e. The first-order valence-electron chi connectivity index (χ1n) is 13.5. The number of alkyl carbamates (subject to hydrolysis) is 1. The van der Waals surface area contributed by atoms with Gasteiger partial charge in [-0.25, -0.2) is 9.59 Å². The Morgan fingerprint density at radius 3 is 2.15 bits per heavy atom. The minimum atomic E-state index is -0.859. The molecule has 4 amide bonds. The molecule has 41 heavy (non-hydrogen) atoms. The van der Waals surface area contributed by atoms with Gasteiger partial charge in [-0.15, -0.1) is 11.8 Å². The summed E-state index contributed by atoms with van der Waals surface area (Å²) in [6.45, 7) is 10.2. The van der Waals surface area contributed by atoms with Crippen molar-refractivity contribution in [3.05, 3.63) is 60.2 Å². The largest absolute Gasteiger partial charge is 0.444 e. The van der Waals surface area contributed by atoms with Gasteiger partial charge in [0.25, 0.3) is 0 Å². The molecule has 1 aliphatic rings. The van der Waals surface area contributed by atoms with Crippen molar-refractivity contribution in [1.29, 1.82) is 0 Å². The number of likely N-dealkylation sites (tertiary alicyclic amines) is 1. The normalized spacial score (nSPS) is 17.0. The molecule has 0 radical (unpaired) electrons. The minimum absolute atomic E-state index is 0.0842. The van der Waals surface area contributed by atoms with Gasteiger partial charge in [-0.2, -0.15) is 0 Å². The Kier molecular flexibility index (Phi) is 10.7. The summed E-state index contributed by atoms with van der Waals surface area (Å²) in [5.41, 5.74) is 0.254. The standard InChI is InChI=1S/C30H40N4O6S/c1-29(2,3)39-27(37)31-17-25(35)32-22-16-24(34(18-22)28(38)40-30(4,5)6)26(36)33-21-14-12-20(13-15-21)19-41-23-10-8-7-9-11-23/h7-15,22,24H,16-19H2,1-6H3,(H,31,37)(H,32,35)(H,33,36)/t22?,24-/m0/s1. The Morgan fingerprint density at radius 2 is 1.54 bits per heavy atom. The molecule has 3 rings (SSSR count). The fraction of sp³-hybridized carbons (Fsp3) is 0.467. The summed E-state index contributed by atoms with van der Waals surface area (Å²) < 4.78 is 10.7. The lowest BCUT2D eigenvalue weighted by atomic mass is 10.1. The summed E-state index contributed by atoms with van der Waals surface area (Å²) in [7, 11) is 0. The van der Waals surface area contributed by atoms with Gasteiger partial charge in [-0.05, 0) is 77.8 Å². The van der Waals surface area contributed by atoms with Crippen molar-refractivity contribution >= 4 is 41.5 Å². The van der Waals surface area contributed by atoms with E-state index < -0.39 is 41.4 Å². The average Bonchev–Trinajstić information content (AvgIpc) is 3.30. The predicted octanol–water partition coefficient (Wildman–Crippen LogP) is 4.94. The van der Waals surface area contributed by atoms with Crippen molar-refractivity contribution in [1.82, 2.24) is 15.5 Å². The summed E-state index contributed by atoms with van der Waals surface area (Å²) >= 11 is 1.72. The van der Waals surface area contributed by atoms with Crippen LogP contribution in [0.5, 0.6) is 0 Å². The van der Waals surface area contributed by atoms with Crippen LogP contribution in [0.2, 0.25) is 0 Å². The number of rotatable bonds is 8. The van der Waals surface area contributed by atoms with E-state index in [0.29, 0.717) is 5.69 Å². The second-order valence-electron chi connectivity index (χ2n) is 11.8. The highest BCUT2D eigenvalue weighted by Crippen LogP contribution is 2.25. The molecule has 0 aromatic heterocycles. The number of hydrogen-bond acceptors (Lipinski definition) is 7. The second-order valence-corrected chi connectivity index (χ2v) is 12.8. The molecule has 222 valence electrons. The first kappa shape index (κ1) is 31.8. The van der Waals surface area contributed by atoms with Gasteiger partial charge in [0.2, 0.25) is 11.8 Å². The molecule has 0 bridgehead atoms. The number of hydrogen-bond donors (Lipinski definition) is 3. The lowest BCUT2D eigenvalue weighted by Crippen LogP contribution is -2.46. The van der Waals surface area contributed by atoms with Crippen molar-refractivity contribution < 1.29 is 28.7 Å². The van der Waals surface area contributed by atoms with Gasteiger partial charge in [-0.1, -0.05) is 30.3 Å². The quantitative estimate of drug-likeness (QED) is 0.376. The third kappa shape index (κ3) is 11.0. The minimum Gasteiger partial charge on any atom is -0.444 e. The average molecular weight is 585 g/mol. The zero-order chi connectivity index (χ0) is 30.2. The van der Waals surface area contributed by atoms with Crippen LogP contribution in [0.4, 0.5) is 15.3 Å². The number of anilines is 1. The second kappa shape index (κ2) is 13.8. The maximum Gasteiger partial charge on any atom is 0.411 e. The first-order chi connectivity index (χ1) is 19.2. The number of amides is 4. The van der Waals surface area contributed by atoms with Crippen LogP contribution in [0.1, 0.15) is 53.5 Å². The topological polar surface area (TPSA) is 126 Å². The summed E-state index contributed by atoms with van der Waals surface area (Å²) in [6.07, 6.45) is -1.17. The number of benzene rings is 2. The van der Waals surface area contributed by atoms with Gasteiger partial charge in [0.05, 0.1) is 0 Å². The van der Waals surface area contributed by atoms with Crippen LogP contribution in [0.15, 0.2) is 59.5 Å². The van der Waals surface area contributed by atoms with Crippen molar-refractivity contribution in [3.8, 4) is 0 Å². The molecule has 1 aliphatic heterocycles. The molecular formula is C30H40N4O6S. The molecule has 2 atom stereocenters. The number of carbonyl (C=O) groups is 4. The van der Waals surface area contributed by atoms with Gasteiger partial charge in [-0.3, -0.25) is 14.5 Å². The van der Waals surface area contributed by atoms with E-state index in [4.69, 9.17) is 9.47 Å². The van der Waals surface area contributed by atoms with E-state index in [1.54, 1.807) is 53.3 Å². The van der Waals surface area contributed by atoms with E-state index in [0.717, 1.165) is 11.3 Å². The van der Waals surface area contributed by atoms with Crippen LogP contribution in [0.25, 0.3) is 0 Å². The van der Waals surface area contributed by atoms with E-state index in [2.05, 4.69) is 28.1 Å². The number of nitrogens with one attached hydrogen (secondary N) is 3. The number of carbonyl (C=O) groups excluding carboxylic acids is 4. The number of ether oxygens (including phenoxy) is 2. The van der Waals surface area contributed by atoms with Crippen molar-refractivity contribution in [3.63, 3.8) is 0 Å². The monoisotopic (exact) mass is 584 g/mol. The predicted molar refractivity (Wildman–Crippen MR) is 159 cm³/mol. The molecule has 0 saturated carbocycles. The van der Waals surface area contributed by atoms with Gasteiger partial charge in [0.15, 0.2) is 0 Å². The van der Waals surface area contributed by atoms with E-state index in [-0.39, 0.29) is 25.4 Å². The molecular weight excluding hydrogens is 544 g/mol. The van der Waals surface area contributed by atoms with Crippen LogP contribution in [-0.2, 0) is 24.8 Å². The Hall–Kier alpha value is -3.73. The van der Waals surface area contributed by atoms with Crippen LogP contribution in [0, 0.1) is 0 Å². The lowest BCUT2D eigenvalue weighted by molar-refractivity contribution is -0.121. The molecule has 1 fully saturated rings. The SMILES string of the molecule is CC(C)(C)OC(=O)NCC(=O)NC1C[C@@H](C(=O)Nc2ccc(CSc3ccccc3)cc2)N(C(=O)OC(C)(C)C)C1. The van der Waals surface area contributed by atoms with Crippen molar-refractivity contribution in [2.24, 2.45) is 0 Å². The Balaban J connectivity index is 1.60. The van der Waals surface area contributed by atoms with E-state index in [9.17, 15) is 19.2 Å². The molecule has 3 N–H and O–H groups in total. The highest BCUT2D eigenvalue weighted by Gasteiger charge is 2.42. The van der Waals surface area contributed by atoms with Gasteiger partial charge in [0, 0.05) is 28.9 Å². The zero-order valence-electron chi connectivity index (χ0n) is 24.5. The highest BCUT2D eigenvalue weighted by atomic mass is 32.2. The Morgan fingerprint density at radius 1 is 0.902 bits per heavy atom. The third-order valence-electron chi connectivity index (χ3n) is 5.76. The number of nitrogens with zero attached hydrogens (tertiary/aromatic N) is 1. The van der Waals surface area contributed by atoms with Crippen molar-refractivity contribution in [2.45, 2.75) is 81.9 Å². The fourth-order valence-corrected chi connectivity index (χ4v) is 4.93. The molecule has 2 aromatic rings. The molecule has 1 saturated heterocycles. The van der Waals surface area contributed by atoms with Gasteiger partial charge in [0.1, 0.15) is 23.8 Å². The lowest BCUT2D eigenvalue weighted by Gasteiger charge is -2.28. The van der Waals surface area contributed by atoms with Crippen LogP contribution >= 0.6 is 11.8 Å². The zero-order valence-corrected chi connectivity index (χ0v) is 25.3. The molecule has 1 heterocycles. The summed E-state index contributed by atoms with van der Waals surface area (Å²) in [4.78, 5) is 53.2. The molecule has 0 spiro atoms. The Bertz CT molecular complexity index is 1210. The summed E-state index contributed by atoms with van der Waals surface area (Å²) in [5.74, 6) is -0.0572. The Labute approximate surface area is 245 Å². The van der Waals surface area contributed by atoms with Gasteiger partial charge >= 0.3 is 12.2 Å². The third-order valence-corrected chi connectivity index (χ3v) is 6.84. The first-order valence-corrected chi connectivity index (χ1v) is 14.5. The molecule has 10 nitrogen and oxygen atoms in total. The van der Waals surface area contributed by atoms with E-state index in [1.807, 2.05) is 42.5 Å². The molecule has 2 aromatic carbocycles. The van der Waals surface area contributed by atoms with Crippen LogP contribution in [-0.4, -0.2) is 65.3 Å². The maximum absolute atomic E-state index is 13.3. The molecule has 0 aliphatic carbocycles. The summed E-state index contributed by atoms with van der Waals surface area (Å²) in [6, 6.07) is 16.3. The number of thioether (sulfide) groups is 1. The van der Waals surface area contributed by atoms with E-state index in [1.165, 1.54) is 9.80 Å². The molecule has 11 heteroatoms. The highest BCUT2D eigenvalue weighted by molar-refractivity contribution is 7.98. The van der Waals surface area contributed by atoms with E-state index >= 15 is 0 Å². The maximum atomic E-state index is 13.3. The van der Waals surface area contributed by atoms with Crippen molar-refractivity contribution in [2.75, 3.05) is 18.4 Å². The van der Waals surface area contributed by atoms with Crippen LogP contribution < -0.4 is 16.0 Å². The molecule has 1 unspecified atom stereocenters. The van der Waals surface area contributed by atoms with Gasteiger partial charge < -0.3 is 25.4 Å².